The number of ether oxygens (including phenoxy) is 1. The van der Waals surface area contributed by atoms with Gasteiger partial charge in [0.2, 0.25) is 5.91 Å². The summed E-state index contributed by atoms with van der Waals surface area (Å²) in [4.78, 5) is 28.0. The maximum absolute atomic E-state index is 13.4. The highest BCUT2D eigenvalue weighted by Crippen LogP contribution is 2.28. The van der Waals surface area contributed by atoms with E-state index in [-0.39, 0.29) is 18.6 Å². The van der Waals surface area contributed by atoms with E-state index in [1.54, 1.807) is 36.4 Å². The van der Waals surface area contributed by atoms with Crippen LogP contribution < -0.4 is 15.8 Å². The molecule has 0 saturated heterocycles. The number of nitrogens with one attached hydrogen (secondary N) is 2. The van der Waals surface area contributed by atoms with E-state index in [1.165, 1.54) is 0 Å². The number of fused-ring (bicyclic) bond motifs is 1. The Hall–Kier alpha value is -4.10. The number of nitrogens with two attached hydrogens (primary N) is 1. The van der Waals surface area contributed by atoms with E-state index in [9.17, 15) is 14.7 Å². The molecule has 0 aliphatic rings. The average Bonchev–Trinajstić information content (AvgIpc) is 3.26. The van der Waals surface area contributed by atoms with Gasteiger partial charge < -0.3 is 25.9 Å². The molecule has 7 heteroatoms. The maximum atomic E-state index is 13.4. The van der Waals surface area contributed by atoms with Crippen LogP contribution >= 0.6 is 0 Å². The first kappa shape index (κ1) is 24.0. The number of aromatic amines is 1. The number of para-hydroxylation sites is 1. The Kier molecular flexibility index (Phi) is 7.17. The molecule has 4 aromatic rings. The smallest absolute Gasteiger partial charge is 0.255 e. The molecule has 0 saturated carbocycles. The molecule has 4 rings (SSSR count). The number of aliphatic hydroxyl groups is 1. The third-order valence-electron chi connectivity index (χ3n) is 5.79. The summed E-state index contributed by atoms with van der Waals surface area (Å²) < 4.78 is 5.90. The van der Waals surface area contributed by atoms with Crippen molar-refractivity contribution >= 4 is 22.7 Å². The maximum Gasteiger partial charge on any atom is 0.255 e. The molecule has 0 spiro atoms. The highest BCUT2D eigenvalue weighted by atomic mass is 16.5. The normalized spacial score (nSPS) is 12.0. The molecule has 0 aliphatic carbocycles. The van der Waals surface area contributed by atoms with E-state index in [1.807, 2.05) is 50.4 Å². The zero-order valence-corrected chi connectivity index (χ0v) is 19.7. The van der Waals surface area contributed by atoms with Crippen molar-refractivity contribution in [2.24, 2.45) is 5.73 Å². The van der Waals surface area contributed by atoms with Crippen LogP contribution in [-0.2, 0) is 6.42 Å². The third-order valence-corrected chi connectivity index (χ3v) is 5.79. The molecule has 0 radical (unpaired) electrons. The monoisotopic (exact) mass is 471 g/mol. The van der Waals surface area contributed by atoms with Crippen molar-refractivity contribution in [3.05, 3.63) is 89.6 Å². The SMILES string of the molecule is CC(C)Oc1ccc(-c2ccc(C(N)=O)cc2)cc1C(=O)N[C@@H](CO)Cc1c[nH]c2ccccc12. The van der Waals surface area contributed by atoms with Crippen LogP contribution in [0.4, 0.5) is 0 Å². The Labute approximate surface area is 203 Å². The molecule has 0 fully saturated rings. The van der Waals surface area contributed by atoms with Gasteiger partial charge in [0.25, 0.3) is 5.91 Å². The molecule has 3 aromatic carbocycles. The lowest BCUT2D eigenvalue weighted by molar-refractivity contribution is 0.0910. The van der Waals surface area contributed by atoms with Gasteiger partial charge in [-0.1, -0.05) is 36.4 Å². The van der Waals surface area contributed by atoms with E-state index < -0.39 is 11.9 Å². The first-order valence-electron chi connectivity index (χ1n) is 11.5. The Morgan fingerprint density at radius 1 is 1.03 bits per heavy atom. The van der Waals surface area contributed by atoms with E-state index >= 15 is 0 Å². The second-order valence-corrected chi connectivity index (χ2v) is 8.74. The number of benzene rings is 3. The molecule has 1 aromatic heterocycles. The van der Waals surface area contributed by atoms with E-state index in [4.69, 9.17) is 10.5 Å². The minimum atomic E-state index is -0.498. The number of hydrogen-bond acceptors (Lipinski definition) is 4. The van der Waals surface area contributed by atoms with Crippen molar-refractivity contribution in [1.82, 2.24) is 10.3 Å². The Morgan fingerprint density at radius 2 is 1.74 bits per heavy atom. The molecule has 0 unspecified atom stereocenters. The average molecular weight is 472 g/mol. The van der Waals surface area contributed by atoms with Gasteiger partial charge in [-0.15, -0.1) is 0 Å². The van der Waals surface area contributed by atoms with Gasteiger partial charge in [-0.25, -0.2) is 0 Å². The summed E-state index contributed by atoms with van der Waals surface area (Å²) in [6.45, 7) is 3.58. The second-order valence-electron chi connectivity index (χ2n) is 8.74. The fourth-order valence-electron chi connectivity index (χ4n) is 4.06. The van der Waals surface area contributed by atoms with E-state index in [0.717, 1.165) is 27.6 Å². The minimum absolute atomic E-state index is 0.123. The largest absolute Gasteiger partial charge is 0.490 e. The summed E-state index contributed by atoms with van der Waals surface area (Å²) in [6.07, 6.45) is 2.26. The molecular formula is C28H29N3O4. The number of hydrogen-bond donors (Lipinski definition) is 4. The quantitative estimate of drug-likeness (QED) is 0.294. The van der Waals surface area contributed by atoms with Crippen molar-refractivity contribution in [3.63, 3.8) is 0 Å². The standard InChI is InChI=1S/C28H29N3O4/c1-17(2)35-26-12-11-20(18-7-9-19(10-8-18)27(29)33)14-24(26)28(34)31-22(16-32)13-21-15-30-25-6-4-3-5-23(21)25/h3-12,14-15,17,22,30,32H,13,16H2,1-2H3,(H2,29,33)(H,31,34)/t22-/m1/s1. The number of amides is 2. The van der Waals surface area contributed by atoms with Crippen molar-refractivity contribution < 1.29 is 19.4 Å². The fraction of sp³-hybridized carbons (Fsp3) is 0.214. The third kappa shape index (κ3) is 5.53. The first-order valence-corrected chi connectivity index (χ1v) is 11.5. The number of H-pyrrole nitrogens is 1. The predicted octanol–water partition coefficient (Wildman–Crippen LogP) is 4.05. The zero-order chi connectivity index (χ0) is 24.9. The van der Waals surface area contributed by atoms with E-state index in [0.29, 0.717) is 23.3 Å². The molecule has 2 amide bonds. The lowest BCUT2D eigenvalue weighted by Gasteiger charge is -2.19. The van der Waals surface area contributed by atoms with Crippen molar-refractivity contribution in [2.45, 2.75) is 32.4 Å². The van der Waals surface area contributed by atoms with Crippen molar-refractivity contribution in [2.75, 3.05) is 6.61 Å². The van der Waals surface area contributed by atoms with Crippen LogP contribution in [0.3, 0.4) is 0 Å². The van der Waals surface area contributed by atoms with Crippen LogP contribution in [0.15, 0.2) is 72.9 Å². The number of carbonyl (C=O) groups excluding carboxylic acids is 2. The van der Waals surface area contributed by atoms with Crippen LogP contribution in [0.5, 0.6) is 5.75 Å². The number of carbonyl (C=O) groups is 2. The summed E-state index contributed by atoms with van der Waals surface area (Å²) >= 11 is 0. The number of aliphatic hydroxyl groups excluding tert-OH is 1. The van der Waals surface area contributed by atoms with Gasteiger partial charge in [0.05, 0.1) is 24.3 Å². The Balaban J connectivity index is 1.60. The number of rotatable bonds is 9. The van der Waals surface area contributed by atoms with Crippen LogP contribution in [0.1, 0.15) is 40.1 Å². The van der Waals surface area contributed by atoms with Gasteiger partial charge in [0.1, 0.15) is 5.75 Å². The summed E-state index contributed by atoms with van der Waals surface area (Å²) in [5, 5.41) is 14.0. The van der Waals surface area contributed by atoms with Gasteiger partial charge in [-0.3, -0.25) is 9.59 Å². The molecule has 0 bridgehead atoms. The van der Waals surface area contributed by atoms with Gasteiger partial charge in [0, 0.05) is 22.7 Å². The fourth-order valence-corrected chi connectivity index (χ4v) is 4.06. The molecule has 1 atom stereocenters. The van der Waals surface area contributed by atoms with Gasteiger partial charge in [0.15, 0.2) is 0 Å². The first-order chi connectivity index (χ1) is 16.9. The van der Waals surface area contributed by atoms with Crippen LogP contribution in [0.2, 0.25) is 0 Å². The summed E-state index contributed by atoms with van der Waals surface area (Å²) in [6, 6.07) is 19.7. The van der Waals surface area contributed by atoms with Crippen LogP contribution in [-0.4, -0.2) is 40.7 Å². The van der Waals surface area contributed by atoms with Gasteiger partial charge in [-0.2, -0.15) is 0 Å². The topological polar surface area (TPSA) is 117 Å². The van der Waals surface area contributed by atoms with E-state index in [2.05, 4.69) is 10.3 Å². The molecule has 1 heterocycles. The predicted molar refractivity (Wildman–Crippen MR) is 137 cm³/mol. The molecule has 180 valence electrons. The Morgan fingerprint density at radius 3 is 2.43 bits per heavy atom. The summed E-state index contributed by atoms with van der Waals surface area (Å²) in [7, 11) is 0. The molecule has 35 heavy (non-hydrogen) atoms. The van der Waals surface area contributed by atoms with Crippen LogP contribution in [0.25, 0.3) is 22.0 Å². The van der Waals surface area contributed by atoms with Crippen molar-refractivity contribution in [1.29, 1.82) is 0 Å². The highest BCUT2D eigenvalue weighted by molar-refractivity contribution is 5.99. The lowest BCUT2D eigenvalue weighted by atomic mass is 10.00. The second kappa shape index (κ2) is 10.4. The zero-order valence-electron chi connectivity index (χ0n) is 19.7. The number of aromatic nitrogens is 1. The van der Waals surface area contributed by atoms with Gasteiger partial charge in [-0.05, 0) is 67.3 Å². The Bertz CT molecular complexity index is 1340. The number of primary amides is 1. The molecule has 7 nitrogen and oxygen atoms in total. The van der Waals surface area contributed by atoms with Gasteiger partial charge >= 0.3 is 0 Å². The van der Waals surface area contributed by atoms with Crippen molar-refractivity contribution in [3.8, 4) is 16.9 Å². The highest BCUT2D eigenvalue weighted by Gasteiger charge is 2.20. The molecular weight excluding hydrogens is 442 g/mol. The van der Waals surface area contributed by atoms with Crippen LogP contribution in [0, 0.1) is 0 Å². The molecule has 0 aliphatic heterocycles. The molecule has 5 N–H and O–H groups in total. The minimum Gasteiger partial charge on any atom is -0.490 e. The lowest BCUT2D eigenvalue weighted by Crippen LogP contribution is -2.39. The summed E-state index contributed by atoms with van der Waals surface area (Å²) in [5.41, 5.74) is 9.77. The summed E-state index contributed by atoms with van der Waals surface area (Å²) in [5.74, 6) is -0.378.